The van der Waals surface area contributed by atoms with Gasteiger partial charge in [-0.1, -0.05) is 30.3 Å². The highest BCUT2D eigenvalue weighted by Gasteiger charge is 2.31. The summed E-state index contributed by atoms with van der Waals surface area (Å²) in [5.74, 6) is -0.419. The predicted octanol–water partition coefficient (Wildman–Crippen LogP) is 2.90. The van der Waals surface area contributed by atoms with Crippen molar-refractivity contribution in [3.63, 3.8) is 0 Å². The Hall–Kier alpha value is -4.40. The van der Waals surface area contributed by atoms with E-state index in [9.17, 15) is 14.4 Å². The van der Waals surface area contributed by atoms with Gasteiger partial charge in [0.1, 0.15) is 12.0 Å². The summed E-state index contributed by atoms with van der Waals surface area (Å²) in [5.41, 5.74) is 2.93. The Kier molecular flexibility index (Phi) is 5.14. The molecule has 4 aromatic rings. The molecule has 166 valence electrons. The summed E-state index contributed by atoms with van der Waals surface area (Å²) >= 11 is 0. The van der Waals surface area contributed by atoms with Crippen LogP contribution >= 0.6 is 0 Å². The van der Waals surface area contributed by atoms with Gasteiger partial charge in [-0.25, -0.2) is 9.78 Å². The van der Waals surface area contributed by atoms with E-state index in [2.05, 4.69) is 15.6 Å². The van der Waals surface area contributed by atoms with Gasteiger partial charge in [0.2, 0.25) is 5.91 Å². The summed E-state index contributed by atoms with van der Waals surface area (Å²) in [4.78, 5) is 43.7. The van der Waals surface area contributed by atoms with E-state index >= 15 is 0 Å². The molecule has 2 amide bonds. The molecule has 0 radical (unpaired) electrons. The van der Waals surface area contributed by atoms with Gasteiger partial charge in [0.15, 0.2) is 5.58 Å². The van der Waals surface area contributed by atoms with E-state index in [1.807, 2.05) is 36.2 Å². The van der Waals surface area contributed by atoms with Crippen LogP contribution in [0.2, 0.25) is 0 Å². The molecular weight excluding hydrogens is 422 g/mol. The number of rotatable bonds is 5. The van der Waals surface area contributed by atoms with Crippen LogP contribution in [0.3, 0.4) is 0 Å². The molecule has 1 atom stereocenters. The third-order valence-electron chi connectivity index (χ3n) is 5.69. The van der Waals surface area contributed by atoms with Gasteiger partial charge >= 0.3 is 5.76 Å². The summed E-state index contributed by atoms with van der Waals surface area (Å²) in [7, 11) is 1.84. The fraction of sp³-hybridized carbons (Fsp3) is 0.167. The lowest BCUT2D eigenvalue weighted by atomic mass is 10.0. The molecule has 2 aromatic heterocycles. The fourth-order valence-corrected chi connectivity index (χ4v) is 4.06. The van der Waals surface area contributed by atoms with Gasteiger partial charge in [-0.3, -0.25) is 14.2 Å². The number of oxazole rings is 1. The zero-order valence-corrected chi connectivity index (χ0v) is 17.8. The number of anilines is 2. The first kappa shape index (κ1) is 20.5. The minimum absolute atomic E-state index is 0.0784. The Morgan fingerprint density at radius 3 is 2.76 bits per heavy atom. The second-order valence-electron chi connectivity index (χ2n) is 7.73. The lowest BCUT2D eigenvalue weighted by Gasteiger charge is -2.36. The molecule has 2 N–H and O–H groups in total. The van der Waals surface area contributed by atoms with Crippen LogP contribution in [0.25, 0.3) is 11.1 Å². The number of nitrogens with one attached hydrogen (secondary N) is 2. The average molecular weight is 443 g/mol. The molecule has 0 unspecified atom stereocenters. The summed E-state index contributed by atoms with van der Waals surface area (Å²) < 4.78 is 6.67. The molecule has 0 spiro atoms. The van der Waals surface area contributed by atoms with Crippen LogP contribution in [0.5, 0.6) is 0 Å². The molecule has 0 bridgehead atoms. The van der Waals surface area contributed by atoms with Crippen molar-refractivity contribution in [2.24, 2.45) is 0 Å². The Morgan fingerprint density at radius 2 is 1.88 bits per heavy atom. The molecule has 9 heteroatoms. The van der Waals surface area contributed by atoms with Gasteiger partial charge in [-0.15, -0.1) is 0 Å². The number of para-hydroxylation sites is 3. The number of nitrogens with zero attached hydrogens (tertiary/aromatic N) is 3. The van der Waals surface area contributed by atoms with E-state index in [1.54, 1.807) is 42.6 Å². The number of aryl methyl sites for hydroxylation is 1. The van der Waals surface area contributed by atoms with Crippen molar-refractivity contribution in [1.82, 2.24) is 14.9 Å². The summed E-state index contributed by atoms with van der Waals surface area (Å²) in [6.07, 6.45) is 1.21. The lowest BCUT2D eigenvalue weighted by Crippen LogP contribution is -2.45. The maximum Gasteiger partial charge on any atom is 0.419 e. The number of amides is 2. The highest BCUT2D eigenvalue weighted by molar-refractivity contribution is 6.01. The Labute approximate surface area is 188 Å². The molecule has 0 saturated heterocycles. The zero-order chi connectivity index (χ0) is 22.9. The molecule has 0 saturated carbocycles. The maximum atomic E-state index is 12.8. The van der Waals surface area contributed by atoms with Gasteiger partial charge in [-0.05, 0) is 30.3 Å². The topological polar surface area (TPSA) is 109 Å². The lowest BCUT2D eigenvalue weighted by molar-refractivity contribution is -0.116. The highest BCUT2D eigenvalue weighted by atomic mass is 16.4. The maximum absolute atomic E-state index is 12.8. The van der Waals surface area contributed by atoms with E-state index in [4.69, 9.17) is 4.42 Å². The highest BCUT2D eigenvalue weighted by Crippen LogP contribution is 2.33. The van der Waals surface area contributed by atoms with Gasteiger partial charge < -0.3 is 20.0 Å². The summed E-state index contributed by atoms with van der Waals surface area (Å²) in [6.45, 7) is 0.182. The molecule has 9 nitrogen and oxygen atoms in total. The smallest absolute Gasteiger partial charge is 0.408 e. The van der Waals surface area contributed by atoms with Gasteiger partial charge in [0.05, 0.1) is 11.1 Å². The third kappa shape index (κ3) is 3.73. The molecular formula is C24H21N5O4. The van der Waals surface area contributed by atoms with Crippen LogP contribution in [0, 0.1) is 0 Å². The number of hydrogen-bond donors (Lipinski definition) is 2. The van der Waals surface area contributed by atoms with E-state index in [0.29, 0.717) is 28.2 Å². The Balaban J connectivity index is 1.35. The van der Waals surface area contributed by atoms with Crippen LogP contribution in [0.15, 0.2) is 76.1 Å². The van der Waals surface area contributed by atoms with Crippen molar-refractivity contribution >= 4 is 34.4 Å². The number of fused-ring (bicyclic) bond motifs is 2. The average Bonchev–Trinajstić information content (AvgIpc) is 3.15. The molecule has 0 fully saturated rings. The van der Waals surface area contributed by atoms with E-state index in [1.165, 1.54) is 4.57 Å². The molecule has 33 heavy (non-hydrogen) atoms. The zero-order valence-electron chi connectivity index (χ0n) is 17.8. The first-order valence-corrected chi connectivity index (χ1v) is 10.5. The van der Waals surface area contributed by atoms with Gasteiger partial charge in [0, 0.05) is 37.5 Å². The standard InChI is InChI=1S/C24H21N5O4/c1-28-21-16(8-6-13-25-21)23(31)27-22(28)15-7-2-3-9-17(15)26-20(30)12-14-29-18-10-4-5-11-19(18)33-24(29)32/h2-11,13,22H,12,14H2,1H3,(H,26,30)(H,27,31)/t22-/m1/s1. The van der Waals surface area contributed by atoms with E-state index < -0.39 is 11.9 Å². The Morgan fingerprint density at radius 1 is 1.09 bits per heavy atom. The van der Waals surface area contributed by atoms with Crippen molar-refractivity contribution in [3.05, 3.63) is 88.5 Å². The number of carbonyl (C=O) groups excluding carboxylic acids is 2. The van der Waals surface area contributed by atoms with Crippen molar-refractivity contribution < 1.29 is 14.0 Å². The predicted molar refractivity (Wildman–Crippen MR) is 123 cm³/mol. The molecule has 3 heterocycles. The van der Waals surface area contributed by atoms with E-state index in [-0.39, 0.29) is 24.8 Å². The Bertz CT molecular complexity index is 1420. The number of benzene rings is 2. The van der Waals surface area contributed by atoms with E-state index in [0.717, 1.165) is 5.56 Å². The summed E-state index contributed by atoms with van der Waals surface area (Å²) in [5, 5.41) is 5.89. The van der Waals surface area contributed by atoms with Crippen molar-refractivity contribution in [3.8, 4) is 0 Å². The minimum Gasteiger partial charge on any atom is -0.408 e. The van der Waals surface area contributed by atoms with Crippen molar-refractivity contribution in [2.45, 2.75) is 19.1 Å². The molecule has 5 rings (SSSR count). The minimum atomic E-state index is -0.503. The first-order valence-electron chi connectivity index (χ1n) is 10.5. The van der Waals surface area contributed by atoms with Crippen LogP contribution in [-0.4, -0.2) is 28.4 Å². The van der Waals surface area contributed by atoms with Crippen LogP contribution < -0.4 is 21.3 Å². The second-order valence-corrected chi connectivity index (χ2v) is 7.73. The number of carbonyl (C=O) groups is 2. The monoisotopic (exact) mass is 443 g/mol. The number of aromatic nitrogens is 2. The molecule has 1 aliphatic rings. The second kappa shape index (κ2) is 8.27. The van der Waals surface area contributed by atoms with Crippen LogP contribution in [0.4, 0.5) is 11.5 Å². The van der Waals surface area contributed by atoms with Crippen molar-refractivity contribution in [2.75, 3.05) is 17.3 Å². The quantitative estimate of drug-likeness (QED) is 0.491. The molecule has 0 aliphatic carbocycles. The molecule has 1 aliphatic heterocycles. The van der Waals surface area contributed by atoms with Crippen molar-refractivity contribution in [1.29, 1.82) is 0 Å². The fourth-order valence-electron chi connectivity index (χ4n) is 4.06. The van der Waals surface area contributed by atoms with Crippen LogP contribution in [0.1, 0.15) is 28.5 Å². The number of hydrogen-bond acceptors (Lipinski definition) is 6. The van der Waals surface area contributed by atoms with Gasteiger partial charge in [-0.2, -0.15) is 0 Å². The largest absolute Gasteiger partial charge is 0.419 e. The summed E-state index contributed by atoms with van der Waals surface area (Å²) in [6, 6.07) is 17.8. The first-order chi connectivity index (χ1) is 16.0. The molecule has 2 aromatic carbocycles. The third-order valence-corrected chi connectivity index (χ3v) is 5.69. The van der Waals surface area contributed by atoms with Crippen LogP contribution in [-0.2, 0) is 11.3 Å². The number of pyridine rings is 1. The normalized spacial score (nSPS) is 15.2. The van der Waals surface area contributed by atoms with Gasteiger partial charge in [0.25, 0.3) is 5.91 Å². The SMILES string of the molecule is CN1c2ncccc2C(=O)N[C@H]1c1ccccc1NC(=O)CCn1c(=O)oc2ccccc21.